The number of rotatable bonds is 12. The number of carbonyl (C=O) groups excluding carboxylic acids is 5. The molecule has 1 saturated carbocycles. The molecule has 3 unspecified atom stereocenters. The molecular formula is C27H35ClN6O7. The van der Waals surface area contributed by atoms with E-state index in [9.17, 15) is 28.8 Å². The van der Waals surface area contributed by atoms with Crippen molar-refractivity contribution in [2.45, 2.75) is 69.1 Å². The maximum Gasteiger partial charge on any atom is 0.323 e. The summed E-state index contributed by atoms with van der Waals surface area (Å²) >= 11 is 5.96. The largest absolute Gasteiger partial charge is 0.480 e. The van der Waals surface area contributed by atoms with Crippen LogP contribution in [0.3, 0.4) is 0 Å². The number of halogens is 1. The summed E-state index contributed by atoms with van der Waals surface area (Å²) < 4.78 is 0. The number of nitrogens with zero attached hydrogens (tertiary/aromatic N) is 1. The van der Waals surface area contributed by atoms with Gasteiger partial charge in [-0.2, -0.15) is 0 Å². The minimum absolute atomic E-state index is 0.132. The highest BCUT2D eigenvalue weighted by atomic mass is 35.5. The number of carboxylic acid groups (broad SMARTS) is 1. The molecule has 1 aliphatic heterocycles. The fraction of sp³-hybridized carbons (Fsp3) is 0.556. The second-order valence-electron chi connectivity index (χ2n) is 10.9. The molecule has 1 aromatic rings. The Kier molecular flexibility index (Phi) is 9.81. The molecule has 0 spiro atoms. The first-order chi connectivity index (χ1) is 19.6. The van der Waals surface area contributed by atoms with Gasteiger partial charge in [0.25, 0.3) is 5.91 Å². The number of likely N-dealkylation sites (tertiary alicyclic amines) is 1. The number of aliphatic carboxylic acids is 1. The molecule has 1 aromatic carbocycles. The minimum atomic E-state index is -1.24. The number of nitrogens with one attached hydrogen (secondary N) is 4. The summed E-state index contributed by atoms with van der Waals surface area (Å²) in [7, 11) is 0. The van der Waals surface area contributed by atoms with E-state index in [1.807, 2.05) is 24.3 Å². The number of carbonyl (C=O) groups is 6. The van der Waals surface area contributed by atoms with Gasteiger partial charge in [0.1, 0.15) is 18.6 Å². The molecule has 14 heteroatoms. The second-order valence-corrected chi connectivity index (χ2v) is 11.2. The fourth-order valence-corrected chi connectivity index (χ4v) is 6.17. The zero-order valence-electron chi connectivity index (χ0n) is 22.4. The van der Waals surface area contributed by atoms with E-state index in [-0.39, 0.29) is 24.8 Å². The lowest BCUT2D eigenvalue weighted by molar-refractivity contribution is -0.143. The molecule has 1 heterocycles. The van der Waals surface area contributed by atoms with Gasteiger partial charge in [-0.1, -0.05) is 43.5 Å². The van der Waals surface area contributed by atoms with Gasteiger partial charge < -0.3 is 31.7 Å². The SMILES string of the molecule is NC(=O)C(=O)C(CC1CCC1)NC(=O)[C@@H]1C(NCl)CCN1C(=O)C(NC(=O)NCC(=O)O)C1Cc2ccccc2C1. The summed E-state index contributed by atoms with van der Waals surface area (Å²) in [6.07, 6.45) is 4.31. The van der Waals surface area contributed by atoms with Crippen LogP contribution in [-0.2, 0) is 36.8 Å². The molecule has 41 heavy (non-hydrogen) atoms. The van der Waals surface area contributed by atoms with E-state index in [1.54, 1.807) is 0 Å². The van der Waals surface area contributed by atoms with Gasteiger partial charge in [0, 0.05) is 6.54 Å². The van der Waals surface area contributed by atoms with E-state index in [4.69, 9.17) is 22.6 Å². The summed E-state index contributed by atoms with van der Waals surface area (Å²) in [4.78, 5) is 79.3. The van der Waals surface area contributed by atoms with Gasteiger partial charge in [-0.05, 0) is 60.4 Å². The first kappa shape index (κ1) is 30.3. The van der Waals surface area contributed by atoms with Crippen molar-refractivity contribution in [3.8, 4) is 0 Å². The Morgan fingerprint density at radius 1 is 1.02 bits per heavy atom. The number of primary amides is 1. The molecule has 4 rings (SSSR count). The van der Waals surface area contributed by atoms with Crippen LogP contribution in [0.1, 0.15) is 43.2 Å². The first-order valence-corrected chi connectivity index (χ1v) is 14.1. The Labute approximate surface area is 242 Å². The van der Waals surface area contributed by atoms with E-state index < -0.39 is 66.2 Å². The maximum atomic E-state index is 14.1. The number of carboxylic acids is 1. The van der Waals surface area contributed by atoms with Gasteiger partial charge in [-0.3, -0.25) is 24.0 Å². The molecule has 0 radical (unpaired) electrons. The van der Waals surface area contributed by atoms with E-state index >= 15 is 0 Å². The zero-order chi connectivity index (χ0) is 29.7. The highest BCUT2D eigenvalue weighted by Crippen LogP contribution is 2.32. The smallest absolute Gasteiger partial charge is 0.323 e. The number of ketones is 1. The van der Waals surface area contributed by atoms with Gasteiger partial charge >= 0.3 is 12.0 Å². The number of benzene rings is 1. The lowest BCUT2D eigenvalue weighted by atomic mass is 9.80. The third-order valence-corrected chi connectivity index (χ3v) is 8.55. The molecule has 4 atom stereocenters. The van der Waals surface area contributed by atoms with Crippen molar-refractivity contribution in [3.63, 3.8) is 0 Å². The normalized spacial score (nSPS) is 21.7. The van der Waals surface area contributed by atoms with Crippen LogP contribution in [0, 0.1) is 11.8 Å². The lowest BCUT2D eigenvalue weighted by Crippen LogP contribution is -2.61. The average Bonchev–Trinajstić information content (AvgIpc) is 3.55. The first-order valence-electron chi connectivity index (χ1n) is 13.7. The van der Waals surface area contributed by atoms with E-state index in [0.717, 1.165) is 30.4 Å². The molecule has 0 bridgehead atoms. The van der Waals surface area contributed by atoms with Gasteiger partial charge in [0.2, 0.25) is 17.6 Å². The Morgan fingerprint density at radius 3 is 2.22 bits per heavy atom. The zero-order valence-corrected chi connectivity index (χ0v) is 23.2. The van der Waals surface area contributed by atoms with Crippen molar-refractivity contribution in [1.82, 2.24) is 25.7 Å². The quantitative estimate of drug-likeness (QED) is 0.139. The summed E-state index contributed by atoms with van der Waals surface area (Å²) in [5, 5.41) is 16.4. The summed E-state index contributed by atoms with van der Waals surface area (Å²) in [6.45, 7) is -0.506. The molecule has 2 fully saturated rings. The number of urea groups is 1. The van der Waals surface area contributed by atoms with Crippen LogP contribution < -0.4 is 26.5 Å². The lowest BCUT2D eigenvalue weighted by Gasteiger charge is -2.34. The topological polar surface area (TPSA) is 200 Å². The van der Waals surface area contributed by atoms with Gasteiger partial charge in [-0.25, -0.2) is 9.63 Å². The molecule has 2 aliphatic carbocycles. The molecule has 3 aliphatic rings. The van der Waals surface area contributed by atoms with E-state index in [2.05, 4.69) is 20.8 Å². The van der Waals surface area contributed by atoms with Crippen molar-refractivity contribution in [1.29, 1.82) is 0 Å². The Bertz CT molecular complexity index is 1180. The van der Waals surface area contributed by atoms with Crippen LogP contribution in [-0.4, -0.2) is 82.8 Å². The fourth-order valence-electron chi connectivity index (χ4n) is 5.94. The van der Waals surface area contributed by atoms with Crippen LogP contribution in [0.2, 0.25) is 0 Å². The van der Waals surface area contributed by atoms with Crippen LogP contribution in [0.25, 0.3) is 0 Å². The summed E-state index contributed by atoms with van der Waals surface area (Å²) in [6, 6.07) is 2.80. The second kappa shape index (κ2) is 13.3. The van der Waals surface area contributed by atoms with Crippen molar-refractivity contribution >= 4 is 47.3 Å². The van der Waals surface area contributed by atoms with E-state index in [0.29, 0.717) is 19.3 Å². The van der Waals surface area contributed by atoms with Gasteiger partial charge in [0.05, 0.1) is 12.1 Å². The number of hydrogen-bond acceptors (Lipinski definition) is 7. The number of fused-ring (bicyclic) bond motifs is 1. The van der Waals surface area contributed by atoms with Crippen molar-refractivity contribution in [2.75, 3.05) is 13.1 Å². The predicted molar refractivity (Wildman–Crippen MR) is 146 cm³/mol. The van der Waals surface area contributed by atoms with Crippen LogP contribution >= 0.6 is 11.8 Å². The molecule has 222 valence electrons. The third-order valence-electron chi connectivity index (χ3n) is 8.27. The standard InChI is InChI=1S/C27H35ClN6O7/c28-33-18-8-9-34(22(18)25(39)31-19(23(37)24(29)38)10-14-4-3-5-14)26(40)21(32-27(41)30-13-20(35)36)17-11-15-6-1-2-7-16(15)12-17/h1-2,6-7,14,17-19,21-22,33H,3-5,8-13H2,(H2,29,38)(H,31,39)(H,35,36)(H2,30,32,41)/t18?,19?,21?,22-/m0/s1. The highest BCUT2D eigenvalue weighted by Gasteiger charge is 2.47. The molecule has 5 amide bonds. The van der Waals surface area contributed by atoms with Crippen LogP contribution in [0.5, 0.6) is 0 Å². The third kappa shape index (κ3) is 7.14. The monoisotopic (exact) mass is 590 g/mol. The minimum Gasteiger partial charge on any atom is -0.480 e. The maximum absolute atomic E-state index is 14.1. The van der Waals surface area contributed by atoms with Crippen molar-refractivity contribution < 1.29 is 33.9 Å². The molecule has 7 N–H and O–H groups in total. The average molecular weight is 591 g/mol. The molecule has 1 saturated heterocycles. The Hall–Kier alpha value is -3.71. The molecular weight excluding hydrogens is 556 g/mol. The Morgan fingerprint density at radius 2 is 1.68 bits per heavy atom. The number of Topliss-reactive ketones (excluding diaryl/α,β-unsaturated/α-hetero) is 1. The predicted octanol–water partition coefficient (Wildman–Crippen LogP) is -0.404. The Balaban J connectivity index is 1.55. The van der Waals surface area contributed by atoms with Crippen molar-refractivity contribution in [2.24, 2.45) is 17.6 Å². The highest BCUT2D eigenvalue weighted by molar-refractivity contribution is 6.37. The van der Waals surface area contributed by atoms with Gasteiger partial charge in [-0.15, -0.1) is 0 Å². The van der Waals surface area contributed by atoms with E-state index in [1.165, 1.54) is 4.90 Å². The number of nitrogens with two attached hydrogens (primary N) is 1. The number of amides is 5. The van der Waals surface area contributed by atoms with Crippen molar-refractivity contribution in [3.05, 3.63) is 35.4 Å². The molecule has 13 nitrogen and oxygen atoms in total. The summed E-state index contributed by atoms with van der Waals surface area (Å²) in [5.41, 5.74) is 7.31. The van der Waals surface area contributed by atoms with Gasteiger partial charge in [0.15, 0.2) is 0 Å². The molecule has 0 aromatic heterocycles. The summed E-state index contributed by atoms with van der Waals surface area (Å²) in [5.74, 6) is -4.70. The number of hydrogen-bond donors (Lipinski definition) is 6. The van der Waals surface area contributed by atoms with Crippen LogP contribution in [0.15, 0.2) is 24.3 Å². The van der Waals surface area contributed by atoms with Crippen LogP contribution in [0.4, 0.5) is 4.79 Å².